The van der Waals surface area contributed by atoms with Gasteiger partial charge < -0.3 is 15.2 Å². The normalized spacial score (nSPS) is 15.6. The molecule has 0 spiro atoms. The molecule has 0 bridgehead atoms. The first kappa shape index (κ1) is 19.4. The molecule has 3 rings (SSSR count). The smallest absolute Gasteiger partial charge is 0.346 e. The van der Waals surface area contributed by atoms with E-state index in [1.54, 1.807) is 28.8 Å². The minimum absolute atomic E-state index is 0.0147. The number of carbonyl (C=O) groups is 2. The van der Waals surface area contributed by atoms with Crippen molar-refractivity contribution in [3.63, 3.8) is 0 Å². The number of nitrogens with one attached hydrogen (secondary N) is 1. The number of anilines is 1. The Labute approximate surface area is 162 Å². The van der Waals surface area contributed by atoms with Crippen molar-refractivity contribution < 1.29 is 19.4 Å². The average molecular weight is 382 g/mol. The van der Waals surface area contributed by atoms with Crippen molar-refractivity contribution >= 4 is 29.3 Å². The van der Waals surface area contributed by atoms with Gasteiger partial charge in [0, 0.05) is 13.1 Å². The number of carboxylic acid groups (broad SMARTS) is 1. The molecule has 2 heterocycles. The number of hydrogen-bond acceptors (Lipinski definition) is 5. The SMILES string of the molecule is CC(=O)Nc1cccn2c(C=C(C#N)C(=O)O)c(OC3CCCCCC3)nc12. The molecular weight excluding hydrogens is 360 g/mol. The molecule has 1 aliphatic carbocycles. The van der Waals surface area contributed by atoms with Crippen molar-refractivity contribution in [2.75, 3.05) is 5.32 Å². The lowest BCUT2D eigenvalue weighted by molar-refractivity contribution is -0.132. The van der Waals surface area contributed by atoms with Gasteiger partial charge in [-0.1, -0.05) is 12.8 Å². The molecule has 1 saturated carbocycles. The number of amides is 1. The van der Waals surface area contributed by atoms with Gasteiger partial charge in [0.25, 0.3) is 0 Å². The number of carbonyl (C=O) groups excluding carboxylic acids is 1. The third-order valence-corrected chi connectivity index (χ3v) is 4.68. The van der Waals surface area contributed by atoms with E-state index in [4.69, 9.17) is 10.00 Å². The van der Waals surface area contributed by atoms with Gasteiger partial charge in [0.1, 0.15) is 23.4 Å². The Morgan fingerprint density at radius 3 is 2.68 bits per heavy atom. The Morgan fingerprint density at radius 2 is 2.07 bits per heavy atom. The number of carboxylic acids is 1. The van der Waals surface area contributed by atoms with Crippen LogP contribution in [0.2, 0.25) is 0 Å². The highest BCUT2D eigenvalue weighted by molar-refractivity contribution is 5.97. The molecular formula is C20H22N4O4. The Kier molecular flexibility index (Phi) is 5.94. The highest BCUT2D eigenvalue weighted by atomic mass is 16.5. The average Bonchev–Trinajstić information content (AvgIpc) is 2.80. The van der Waals surface area contributed by atoms with Crippen molar-refractivity contribution in [3.05, 3.63) is 29.6 Å². The van der Waals surface area contributed by atoms with Gasteiger partial charge in [-0.15, -0.1) is 0 Å². The van der Waals surface area contributed by atoms with Crippen molar-refractivity contribution in [1.29, 1.82) is 5.26 Å². The first-order chi connectivity index (χ1) is 13.5. The molecule has 0 aliphatic heterocycles. The van der Waals surface area contributed by atoms with Crippen LogP contribution in [-0.2, 0) is 9.59 Å². The Morgan fingerprint density at radius 1 is 1.36 bits per heavy atom. The minimum Gasteiger partial charge on any atom is -0.477 e. The highest BCUT2D eigenvalue weighted by Crippen LogP contribution is 2.30. The minimum atomic E-state index is -1.32. The van der Waals surface area contributed by atoms with Crippen LogP contribution < -0.4 is 10.1 Å². The summed E-state index contributed by atoms with van der Waals surface area (Å²) in [4.78, 5) is 27.4. The van der Waals surface area contributed by atoms with E-state index in [1.165, 1.54) is 25.8 Å². The lowest BCUT2D eigenvalue weighted by Crippen LogP contribution is -2.16. The zero-order valence-corrected chi connectivity index (χ0v) is 15.6. The van der Waals surface area contributed by atoms with E-state index < -0.39 is 11.5 Å². The number of imidazole rings is 1. The van der Waals surface area contributed by atoms with Gasteiger partial charge in [-0.05, 0) is 43.9 Å². The largest absolute Gasteiger partial charge is 0.477 e. The van der Waals surface area contributed by atoms with E-state index in [-0.39, 0.29) is 17.9 Å². The third kappa shape index (κ3) is 4.31. The number of fused-ring (bicyclic) bond motifs is 1. The predicted octanol–water partition coefficient (Wildman–Crippen LogP) is 3.39. The fourth-order valence-electron chi connectivity index (χ4n) is 3.37. The Bertz CT molecular complexity index is 962. The first-order valence-corrected chi connectivity index (χ1v) is 9.30. The summed E-state index contributed by atoms with van der Waals surface area (Å²) in [5, 5.41) is 21.1. The second kappa shape index (κ2) is 8.57. The maximum Gasteiger partial charge on any atom is 0.346 e. The van der Waals surface area contributed by atoms with Gasteiger partial charge in [0.15, 0.2) is 5.65 Å². The molecule has 2 N–H and O–H groups in total. The fraction of sp³-hybridized carbons (Fsp3) is 0.400. The second-order valence-corrected chi connectivity index (χ2v) is 6.81. The number of ether oxygens (including phenoxy) is 1. The van der Waals surface area contributed by atoms with E-state index in [9.17, 15) is 14.7 Å². The van der Waals surface area contributed by atoms with Crippen LogP contribution in [-0.4, -0.2) is 32.5 Å². The lowest BCUT2D eigenvalue weighted by Gasteiger charge is -2.15. The summed E-state index contributed by atoms with van der Waals surface area (Å²) in [6.07, 6.45) is 9.21. The van der Waals surface area contributed by atoms with Gasteiger partial charge in [0.2, 0.25) is 11.8 Å². The number of aromatic nitrogens is 2. The van der Waals surface area contributed by atoms with E-state index in [0.717, 1.165) is 25.7 Å². The summed E-state index contributed by atoms with van der Waals surface area (Å²) < 4.78 is 7.77. The zero-order chi connectivity index (χ0) is 20.1. The van der Waals surface area contributed by atoms with Crippen LogP contribution in [0.15, 0.2) is 23.9 Å². The molecule has 2 aromatic heterocycles. The maximum absolute atomic E-state index is 11.5. The number of nitriles is 1. The van der Waals surface area contributed by atoms with Crippen LogP contribution in [0.3, 0.4) is 0 Å². The fourth-order valence-corrected chi connectivity index (χ4v) is 3.37. The van der Waals surface area contributed by atoms with E-state index >= 15 is 0 Å². The molecule has 0 unspecified atom stereocenters. The molecule has 1 amide bonds. The number of nitrogens with zero attached hydrogens (tertiary/aromatic N) is 3. The van der Waals surface area contributed by atoms with Crippen molar-refractivity contribution in [1.82, 2.24) is 9.38 Å². The zero-order valence-electron chi connectivity index (χ0n) is 15.6. The summed E-state index contributed by atoms with van der Waals surface area (Å²) in [5.74, 6) is -1.31. The molecule has 0 saturated heterocycles. The molecule has 0 aromatic carbocycles. The standard InChI is InChI=1S/C20H22N4O4/c1-13(25)22-16-9-6-10-24-17(11-14(12-21)20(26)27)19(23-18(16)24)28-15-7-4-2-3-5-8-15/h6,9-11,15H,2-5,7-8H2,1H3,(H,22,25)(H,26,27). The van der Waals surface area contributed by atoms with Crippen LogP contribution in [0, 0.1) is 11.3 Å². The van der Waals surface area contributed by atoms with Gasteiger partial charge in [-0.2, -0.15) is 10.2 Å². The molecule has 2 aromatic rings. The summed E-state index contributed by atoms with van der Waals surface area (Å²) in [5.41, 5.74) is 0.854. The number of pyridine rings is 1. The van der Waals surface area contributed by atoms with Crippen molar-refractivity contribution in [2.24, 2.45) is 0 Å². The number of hydrogen-bond donors (Lipinski definition) is 2. The van der Waals surface area contributed by atoms with E-state index in [2.05, 4.69) is 10.3 Å². The van der Waals surface area contributed by atoms with Crippen LogP contribution in [0.4, 0.5) is 5.69 Å². The molecule has 8 heteroatoms. The lowest BCUT2D eigenvalue weighted by atomic mass is 10.1. The molecule has 0 atom stereocenters. The van der Waals surface area contributed by atoms with Crippen LogP contribution in [0.25, 0.3) is 11.7 Å². The molecule has 146 valence electrons. The van der Waals surface area contributed by atoms with E-state index in [0.29, 0.717) is 17.0 Å². The Hall–Kier alpha value is -3.34. The summed E-state index contributed by atoms with van der Waals surface area (Å²) in [6.45, 7) is 1.40. The predicted molar refractivity (Wildman–Crippen MR) is 103 cm³/mol. The highest BCUT2D eigenvalue weighted by Gasteiger charge is 2.21. The van der Waals surface area contributed by atoms with E-state index in [1.807, 2.05) is 0 Å². The van der Waals surface area contributed by atoms with Crippen LogP contribution in [0.5, 0.6) is 5.88 Å². The summed E-state index contributed by atoms with van der Waals surface area (Å²) in [6, 6.07) is 5.10. The monoisotopic (exact) mass is 382 g/mol. The van der Waals surface area contributed by atoms with Gasteiger partial charge >= 0.3 is 5.97 Å². The number of aliphatic carboxylic acids is 1. The summed E-state index contributed by atoms with van der Waals surface area (Å²) >= 11 is 0. The third-order valence-electron chi connectivity index (χ3n) is 4.68. The number of rotatable bonds is 5. The first-order valence-electron chi connectivity index (χ1n) is 9.30. The Balaban J connectivity index is 2.11. The van der Waals surface area contributed by atoms with Gasteiger partial charge in [0.05, 0.1) is 5.69 Å². The summed E-state index contributed by atoms with van der Waals surface area (Å²) in [7, 11) is 0. The molecule has 0 radical (unpaired) electrons. The second-order valence-electron chi connectivity index (χ2n) is 6.81. The van der Waals surface area contributed by atoms with Gasteiger partial charge in [-0.3, -0.25) is 9.20 Å². The molecule has 1 fully saturated rings. The van der Waals surface area contributed by atoms with Gasteiger partial charge in [-0.25, -0.2) is 4.79 Å². The van der Waals surface area contributed by atoms with Crippen LogP contribution >= 0.6 is 0 Å². The van der Waals surface area contributed by atoms with Crippen LogP contribution in [0.1, 0.15) is 51.1 Å². The maximum atomic E-state index is 11.5. The molecule has 1 aliphatic rings. The molecule has 28 heavy (non-hydrogen) atoms. The van der Waals surface area contributed by atoms with Crippen molar-refractivity contribution in [2.45, 2.75) is 51.6 Å². The quantitative estimate of drug-likeness (QED) is 0.465. The topological polar surface area (TPSA) is 117 Å². The molecule has 8 nitrogen and oxygen atoms in total. The van der Waals surface area contributed by atoms with Crippen molar-refractivity contribution in [3.8, 4) is 11.9 Å².